The minimum Gasteiger partial charge on any atom is -0.493 e. The van der Waals surface area contributed by atoms with E-state index in [9.17, 15) is 23.1 Å². The van der Waals surface area contributed by atoms with Gasteiger partial charge in [-0.3, -0.25) is 13.9 Å². The molecule has 0 fully saturated rings. The zero-order valence-corrected chi connectivity index (χ0v) is 25.8. The van der Waals surface area contributed by atoms with Gasteiger partial charge in [0, 0.05) is 17.0 Å². The topological polar surface area (TPSA) is 157 Å². The van der Waals surface area contributed by atoms with Gasteiger partial charge in [0.25, 0.3) is 15.9 Å². The second kappa shape index (κ2) is 14.8. The predicted molar refractivity (Wildman–Crippen MR) is 168 cm³/mol. The normalized spacial score (nSPS) is 11.7. The van der Waals surface area contributed by atoms with Gasteiger partial charge in [-0.05, 0) is 81.7 Å². The van der Waals surface area contributed by atoms with Gasteiger partial charge in [-0.1, -0.05) is 29.8 Å². The van der Waals surface area contributed by atoms with Crippen molar-refractivity contribution >= 4 is 55.7 Å². The number of rotatable bonds is 14. The molecule has 14 heteroatoms. The lowest BCUT2D eigenvalue weighted by Gasteiger charge is -2.23. The number of amides is 2. The molecule has 0 bridgehead atoms. The number of carbonyl (C=O) groups is 2. The Morgan fingerprint density at radius 1 is 1.02 bits per heavy atom. The first kappa shape index (κ1) is 32.5. The Balaban J connectivity index is 1.44. The zero-order chi connectivity index (χ0) is 31.7. The van der Waals surface area contributed by atoms with Crippen molar-refractivity contribution in [2.75, 3.05) is 44.6 Å². The van der Waals surface area contributed by atoms with E-state index in [1.807, 2.05) is 19.0 Å². The smallest absolute Gasteiger partial charge is 0.285 e. The van der Waals surface area contributed by atoms with Gasteiger partial charge in [0.15, 0.2) is 5.69 Å². The molecule has 232 valence electrons. The SMILES string of the molecule is CN(C)CCCNC(=O)CCOc1ccc(S(=O)(=O)N(CC(=O)N=Nc2c(O)[nH]c3ccccc23)c2ccc(Cl)cc2)cc1. The molecule has 2 amide bonds. The number of hydrogen-bond donors (Lipinski definition) is 3. The summed E-state index contributed by atoms with van der Waals surface area (Å²) in [5.74, 6) is -0.893. The van der Waals surface area contributed by atoms with Crippen LogP contribution in [0.4, 0.5) is 11.4 Å². The molecule has 1 heterocycles. The molecular formula is C30H33ClN6O6S. The van der Waals surface area contributed by atoms with Gasteiger partial charge in [0.05, 0.1) is 29.1 Å². The third kappa shape index (κ3) is 8.56. The lowest BCUT2D eigenvalue weighted by molar-refractivity contribution is -0.121. The van der Waals surface area contributed by atoms with Crippen molar-refractivity contribution in [1.29, 1.82) is 0 Å². The molecule has 0 aliphatic carbocycles. The lowest BCUT2D eigenvalue weighted by atomic mass is 10.2. The number of aromatic hydroxyl groups is 1. The molecule has 0 saturated carbocycles. The molecule has 12 nitrogen and oxygen atoms in total. The number of carbonyl (C=O) groups excluding carboxylic acids is 2. The van der Waals surface area contributed by atoms with Gasteiger partial charge in [-0.2, -0.15) is 0 Å². The van der Waals surface area contributed by atoms with E-state index >= 15 is 0 Å². The first-order valence-corrected chi connectivity index (χ1v) is 15.5. The molecule has 4 rings (SSSR count). The summed E-state index contributed by atoms with van der Waals surface area (Å²) in [4.78, 5) is 29.6. The summed E-state index contributed by atoms with van der Waals surface area (Å²) >= 11 is 6.01. The van der Waals surface area contributed by atoms with Crippen LogP contribution in [0.5, 0.6) is 11.6 Å². The maximum Gasteiger partial charge on any atom is 0.285 e. The van der Waals surface area contributed by atoms with Crippen molar-refractivity contribution in [3.8, 4) is 11.6 Å². The summed E-state index contributed by atoms with van der Waals surface area (Å²) in [6.45, 7) is 0.894. The second-order valence-corrected chi connectivity index (χ2v) is 12.3. The fraction of sp³-hybridized carbons (Fsp3) is 0.267. The molecule has 0 unspecified atom stereocenters. The lowest BCUT2D eigenvalue weighted by Crippen LogP contribution is -2.35. The molecule has 44 heavy (non-hydrogen) atoms. The van der Waals surface area contributed by atoms with Crippen LogP contribution in [-0.2, 0) is 19.6 Å². The van der Waals surface area contributed by atoms with E-state index in [0.717, 1.165) is 17.3 Å². The van der Waals surface area contributed by atoms with Crippen molar-refractivity contribution in [3.63, 3.8) is 0 Å². The Kier molecular flexibility index (Phi) is 10.9. The number of anilines is 1. The Bertz CT molecular complexity index is 1720. The van der Waals surface area contributed by atoms with Gasteiger partial charge < -0.3 is 25.0 Å². The number of benzene rings is 3. The van der Waals surface area contributed by atoms with E-state index in [1.54, 1.807) is 24.3 Å². The minimum atomic E-state index is -4.26. The number of nitrogens with zero attached hydrogens (tertiary/aromatic N) is 4. The minimum absolute atomic E-state index is 0.0623. The number of nitrogens with one attached hydrogen (secondary N) is 2. The van der Waals surface area contributed by atoms with E-state index in [4.69, 9.17) is 16.3 Å². The van der Waals surface area contributed by atoms with E-state index < -0.39 is 22.5 Å². The Labute approximate surface area is 260 Å². The Hall–Kier alpha value is -4.46. The van der Waals surface area contributed by atoms with Crippen molar-refractivity contribution in [2.24, 2.45) is 10.2 Å². The number of azo groups is 1. The monoisotopic (exact) mass is 640 g/mol. The molecule has 3 N–H and O–H groups in total. The van der Waals surface area contributed by atoms with Crippen molar-refractivity contribution in [1.82, 2.24) is 15.2 Å². The highest BCUT2D eigenvalue weighted by Gasteiger charge is 2.27. The molecule has 3 aromatic carbocycles. The van der Waals surface area contributed by atoms with E-state index in [1.165, 1.54) is 48.5 Å². The van der Waals surface area contributed by atoms with E-state index in [0.29, 0.717) is 28.2 Å². The fourth-order valence-corrected chi connectivity index (χ4v) is 5.75. The predicted octanol–water partition coefficient (Wildman–Crippen LogP) is 4.87. The molecule has 0 atom stereocenters. The number of aromatic amines is 1. The highest BCUT2D eigenvalue weighted by atomic mass is 35.5. The maximum absolute atomic E-state index is 13.7. The summed E-state index contributed by atoms with van der Waals surface area (Å²) in [6, 6.07) is 18.5. The van der Waals surface area contributed by atoms with Crippen molar-refractivity contribution < 1.29 is 27.9 Å². The first-order valence-electron chi connectivity index (χ1n) is 13.7. The number of hydrogen-bond acceptors (Lipinski definition) is 8. The number of aromatic nitrogens is 1. The highest BCUT2D eigenvalue weighted by Crippen LogP contribution is 2.35. The number of ether oxygens (including phenoxy) is 1. The second-order valence-electron chi connectivity index (χ2n) is 10.0. The molecule has 0 radical (unpaired) electrons. The van der Waals surface area contributed by atoms with Crippen LogP contribution in [0, 0.1) is 0 Å². The molecular weight excluding hydrogens is 608 g/mol. The number of fused-ring (bicyclic) bond motifs is 1. The van der Waals surface area contributed by atoms with Gasteiger partial charge in [-0.15, -0.1) is 10.2 Å². The summed E-state index contributed by atoms with van der Waals surface area (Å²) in [5, 5.41) is 21.5. The third-order valence-electron chi connectivity index (χ3n) is 6.43. The molecule has 0 saturated heterocycles. The number of H-pyrrole nitrogens is 1. The molecule has 1 aromatic heterocycles. The van der Waals surface area contributed by atoms with Crippen LogP contribution in [0.15, 0.2) is 87.9 Å². The average molecular weight is 641 g/mol. The summed E-state index contributed by atoms with van der Waals surface area (Å²) < 4.78 is 34.0. The third-order valence-corrected chi connectivity index (χ3v) is 8.47. The zero-order valence-electron chi connectivity index (χ0n) is 24.2. The van der Waals surface area contributed by atoms with Gasteiger partial charge in [0.2, 0.25) is 11.8 Å². The van der Waals surface area contributed by atoms with Crippen LogP contribution >= 0.6 is 11.6 Å². The molecule has 0 aliphatic heterocycles. The van der Waals surface area contributed by atoms with Crippen molar-refractivity contribution in [3.05, 3.63) is 77.8 Å². The highest BCUT2D eigenvalue weighted by molar-refractivity contribution is 7.92. The number of sulfonamides is 1. The van der Waals surface area contributed by atoms with Crippen LogP contribution in [-0.4, -0.2) is 75.6 Å². The van der Waals surface area contributed by atoms with Crippen LogP contribution in [0.25, 0.3) is 10.9 Å². The van der Waals surface area contributed by atoms with Crippen LogP contribution in [0.3, 0.4) is 0 Å². The molecule has 0 aliphatic rings. The van der Waals surface area contributed by atoms with Crippen LogP contribution in [0.1, 0.15) is 12.8 Å². The van der Waals surface area contributed by atoms with Gasteiger partial charge in [-0.25, -0.2) is 8.42 Å². The summed E-state index contributed by atoms with van der Waals surface area (Å²) in [5.41, 5.74) is 0.847. The summed E-state index contributed by atoms with van der Waals surface area (Å²) in [6.07, 6.45) is 0.990. The average Bonchev–Trinajstić information content (AvgIpc) is 3.32. The quantitative estimate of drug-likeness (QED) is 0.131. The van der Waals surface area contributed by atoms with E-state index in [2.05, 4.69) is 20.5 Å². The van der Waals surface area contributed by atoms with E-state index in [-0.39, 0.29) is 41.1 Å². The first-order chi connectivity index (χ1) is 21.0. The van der Waals surface area contributed by atoms with Gasteiger partial charge in [0.1, 0.15) is 12.3 Å². The summed E-state index contributed by atoms with van der Waals surface area (Å²) in [7, 11) is -0.326. The van der Waals surface area contributed by atoms with Crippen LogP contribution in [0.2, 0.25) is 5.02 Å². The Morgan fingerprint density at radius 2 is 1.73 bits per heavy atom. The van der Waals surface area contributed by atoms with Crippen LogP contribution < -0.4 is 14.4 Å². The Morgan fingerprint density at radius 3 is 2.43 bits per heavy atom. The molecule has 4 aromatic rings. The maximum atomic E-state index is 13.7. The fourth-order valence-electron chi connectivity index (χ4n) is 4.20. The largest absolute Gasteiger partial charge is 0.493 e. The van der Waals surface area contributed by atoms with Gasteiger partial charge >= 0.3 is 0 Å². The van der Waals surface area contributed by atoms with Crippen molar-refractivity contribution in [2.45, 2.75) is 17.7 Å². The molecule has 0 spiro atoms. The standard InChI is InChI=1S/C30H33ClN6O6S/c1-36(2)18-5-17-32-27(38)16-19-43-23-12-14-24(15-13-23)44(41,42)37(22-10-8-21(31)9-11-22)20-28(39)34-35-29-25-6-3-4-7-26(25)33-30(29)40/h3-4,6-15,33,40H,5,16-20H2,1-2H3,(H,32,38). The number of halogens is 1. The number of para-hydroxylation sites is 1.